The lowest BCUT2D eigenvalue weighted by atomic mass is 9.96. The van der Waals surface area contributed by atoms with Gasteiger partial charge in [-0.2, -0.15) is 0 Å². The lowest BCUT2D eigenvalue weighted by Crippen LogP contribution is -2.14. The molecule has 4 nitrogen and oxygen atoms in total. The summed E-state index contributed by atoms with van der Waals surface area (Å²) < 4.78 is 10.4. The Morgan fingerprint density at radius 2 is 2.06 bits per heavy atom. The molecule has 1 unspecified atom stereocenters. The van der Waals surface area contributed by atoms with E-state index in [1.54, 1.807) is 14.2 Å². The maximum Gasteiger partial charge on any atom is 0.218 e. The molecular formula is C12H17NO3. The monoisotopic (exact) mass is 223 g/mol. The van der Waals surface area contributed by atoms with Crippen molar-refractivity contribution in [3.05, 3.63) is 23.8 Å². The fourth-order valence-electron chi connectivity index (χ4n) is 1.64. The molecule has 0 saturated heterocycles. The lowest BCUT2D eigenvalue weighted by molar-refractivity contribution is -0.118. The molecule has 0 heterocycles. The molecule has 0 bridgehead atoms. The minimum atomic E-state index is -0.322. The van der Waals surface area contributed by atoms with Crippen molar-refractivity contribution in [1.82, 2.24) is 0 Å². The highest BCUT2D eigenvalue weighted by atomic mass is 16.5. The van der Waals surface area contributed by atoms with Crippen LogP contribution in [0.4, 0.5) is 0 Å². The first-order valence-corrected chi connectivity index (χ1v) is 5.08. The molecule has 0 spiro atoms. The van der Waals surface area contributed by atoms with Crippen LogP contribution in [0, 0.1) is 0 Å². The van der Waals surface area contributed by atoms with Crippen LogP contribution in [0.1, 0.15) is 24.8 Å². The summed E-state index contributed by atoms with van der Waals surface area (Å²) in [5.41, 5.74) is 6.11. The molecule has 0 aliphatic carbocycles. The SMILES string of the molecule is COc1ccc(OC)c(C(C)CC(N)=O)c1. The Hall–Kier alpha value is -1.71. The van der Waals surface area contributed by atoms with Crippen molar-refractivity contribution in [3.63, 3.8) is 0 Å². The van der Waals surface area contributed by atoms with Gasteiger partial charge in [-0.1, -0.05) is 6.92 Å². The number of ether oxygens (including phenoxy) is 2. The summed E-state index contributed by atoms with van der Waals surface area (Å²) in [7, 11) is 3.20. The molecule has 1 atom stereocenters. The second-order valence-electron chi connectivity index (χ2n) is 3.68. The van der Waals surface area contributed by atoms with Crippen molar-refractivity contribution >= 4 is 5.91 Å². The van der Waals surface area contributed by atoms with Gasteiger partial charge in [-0.3, -0.25) is 4.79 Å². The van der Waals surface area contributed by atoms with Gasteiger partial charge in [0.2, 0.25) is 5.91 Å². The summed E-state index contributed by atoms with van der Waals surface area (Å²) in [6.45, 7) is 1.93. The first-order chi connectivity index (χ1) is 7.58. The highest BCUT2D eigenvalue weighted by Crippen LogP contribution is 2.31. The average molecular weight is 223 g/mol. The number of hydrogen-bond donors (Lipinski definition) is 1. The Labute approximate surface area is 95.3 Å². The standard InChI is InChI=1S/C12H17NO3/c1-8(6-12(13)14)10-7-9(15-2)4-5-11(10)16-3/h4-5,7-8H,6H2,1-3H3,(H2,13,14). The van der Waals surface area contributed by atoms with Gasteiger partial charge in [0.25, 0.3) is 0 Å². The van der Waals surface area contributed by atoms with Crippen LogP contribution in [0.2, 0.25) is 0 Å². The molecule has 88 valence electrons. The summed E-state index contributed by atoms with van der Waals surface area (Å²) in [5.74, 6) is 1.18. The normalized spacial score (nSPS) is 11.9. The van der Waals surface area contributed by atoms with Crippen LogP contribution in [0.25, 0.3) is 0 Å². The Morgan fingerprint density at radius 3 is 2.56 bits per heavy atom. The van der Waals surface area contributed by atoms with Gasteiger partial charge in [-0.15, -0.1) is 0 Å². The number of amides is 1. The smallest absolute Gasteiger partial charge is 0.218 e. The van der Waals surface area contributed by atoms with E-state index in [2.05, 4.69) is 0 Å². The third kappa shape index (κ3) is 2.89. The summed E-state index contributed by atoms with van der Waals surface area (Å²) in [6, 6.07) is 5.51. The van der Waals surface area contributed by atoms with Gasteiger partial charge < -0.3 is 15.2 Å². The maximum absolute atomic E-state index is 10.9. The fourth-order valence-corrected chi connectivity index (χ4v) is 1.64. The largest absolute Gasteiger partial charge is 0.497 e. The molecule has 1 rings (SSSR count). The van der Waals surface area contributed by atoms with E-state index in [1.807, 2.05) is 25.1 Å². The molecule has 0 radical (unpaired) electrons. The average Bonchev–Trinajstić information content (AvgIpc) is 2.27. The number of methoxy groups -OCH3 is 2. The second-order valence-corrected chi connectivity index (χ2v) is 3.68. The zero-order valence-electron chi connectivity index (χ0n) is 9.82. The van der Waals surface area contributed by atoms with Crippen molar-refractivity contribution in [2.75, 3.05) is 14.2 Å². The second kappa shape index (κ2) is 5.39. The van der Waals surface area contributed by atoms with E-state index in [9.17, 15) is 4.79 Å². The van der Waals surface area contributed by atoms with Gasteiger partial charge in [0, 0.05) is 12.0 Å². The van der Waals surface area contributed by atoms with Crippen LogP contribution in [-0.4, -0.2) is 20.1 Å². The molecule has 0 aliphatic heterocycles. The number of nitrogens with two attached hydrogens (primary N) is 1. The van der Waals surface area contributed by atoms with Crippen LogP contribution in [0.5, 0.6) is 11.5 Å². The van der Waals surface area contributed by atoms with Crippen molar-refractivity contribution in [3.8, 4) is 11.5 Å². The number of hydrogen-bond acceptors (Lipinski definition) is 3. The molecule has 4 heteroatoms. The molecule has 0 saturated carbocycles. The fraction of sp³-hybridized carbons (Fsp3) is 0.417. The molecule has 1 amide bonds. The Bertz CT molecular complexity index is 377. The first kappa shape index (κ1) is 12.4. The van der Waals surface area contributed by atoms with Gasteiger partial charge >= 0.3 is 0 Å². The van der Waals surface area contributed by atoms with Crippen molar-refractivity contribution < 1.29 is 14.3 Å². The highest BCUT2D eigenvalue weighted by Gasteiger charge is 2.14. The third-order valence-corrected chi connectivity index (χ3v) is 2.48. The van der Waals surface area contributed by atoms with Crippen LogP contribution in [0.3, 0.4) is 0 Å². The Balaban J connectivity index is 3.02. The zero-order valence-corrected chi connectivity index (χ0v) is 9.82. The molecule has 1 aromatic carbocycles. The quantitative estimate of drug-likeness (QED) is 0.826. The molecule has 0 aromatic heterocycles. The third-order valence-electron chi connectivity index (χ3n) is 2.48. The van der Waals surface area contributed by atoms with E-state index in [0.29, 0.717) is 6.42 Å². The summed E-state index contributed by atoms with van der Waals surface area (Å²) in [6.07, 6.45) is 0.295. The summed E-state index contributed by atoms with van der Waals surface area (Å²) >= 11 is 0. The number of benzene rings is 1. The molecule has 1 aromatic rings. The van der Waals surface area contributed by atoms with E-state index in [4.69, 9.17) is 15.2 Å². The van der Waals surface area contributed by atoms with Gasteiger partial charge in [0.1, 0.15) is 11.5 Å². The predicted molar refractivity (Wildman–Crippen MR) is 61.8 cm³/mol. The first-order valence-electron chi connectivity index (χ1n) is 5.08. The Kier molecular flexibility index (Phi) is 4.17. The highest BCUT2D eigenvalue weighted by molar-refractivity contribution is 5.75. The minimum Gasteiger partial charge on any atom is -0.497 e. The number of carbonyl (C=O) groups is 1. The van der Waals surface area contributed by atoms with Crippen molar-refractivity contribution in [2.45, 2.75) is 19.3 Å². The summed E-state index contributed by atoms with van der Waals surface area (Å²) in [5, 5.41) is 0. The number of primary amides is 1. The van der Waals surface area contributed by atoms with E-state index < -0.39 is 0 Å². The van der Waals surface area contributed by atoms with Crippen LogP contribution < -0.4 is 15.2 Å². The van der Waals surface area contributed by atoms with Gasteiger partial charge in [0.05, 0.1) is 14.2 Å². The van der Waals surface area contributed by atoms with Crippen molar-refractivity contribution in [2.24, 2.45) is 5.73 Å². The van der Waals surface area contributed by atoms with E-state index >= 15 is 0 Å². The molecule has 0 fully saturated rings. The number of rotatable bonds is 5. The molecular weight excluding hydrogens is 206 g/mol. The van der Waals surface area contributed by atoms with E-state index in [1.165, 1.54) is 0 Å². The molecule has 16 heavy (non-hydrogen) atoms. The molecule has 2 N–H and O–H groups in total. The van der Waals surface area contributed by atoms with Crippen LogP contribution >= 0.6 is 0 Å². The van der Waals surface area contributed by atoms with Crippen LogP contribution in [0.15, 0.2) is 18.2 Å². The van der Waals surface area contributed by atoms with Crippen LogP contribution in [-0.2, 0) is 4.79 Å². The van der Waals surface area contributed by atoms with Gasteiger partial charge in [-0.25, -0.2) is 0 Å². The Morgan fingerprint density at radius 1 is 1.38 bits per heavy atom. The number of carbonyl (C=O) groups excluding carboxylic acids is 1. The van der Waals surface area contributed by atoms with Gasteiger partial charge in [-0.05, 0) is 24.1 Å². The van der Waals surface area contributed by atoms with Crippen molar-refractivity contribution in [1.29, 1.82) is 0 Å². The minimum absolute atomic E-state index is 0.0162. The van der Waals surface area contributed by atoms with E-state index in [0.717, 1.165) is 17.1 Å². The molecule has 0 aliphatic rings. The topological polar surface area (TPSA) is 61.6 Å². The lowest BCUT2D eigenvalue weighted by Gasteiger charge is -2.15. The van der Waals surface area contributed by atoms with Gasteiger partial charge in [0.15, 0.2) is 0 Å². The maximum atomic E-state index is 10.9. The predicted octanol–water partition coefficient (Wildman–Crippen LogP) is 1.68. The summed E-state index contributed by atoms with van der Waals surface area (Å²) in [4.78, 5) is 10.9. The zero-order chi connectivity index (χ0) is 12.1. The van der Waals surface area contributed by atoms with E-state index in [-0.39, 0.29) is 11.8 Å².